The summed E-state index contributed by atoms with van der Waals surface area (Å²) in [6, 6.07) is 0. The van der Waals surface area contributed by atoms with E-state index in [-0.39, 0.29) is 0 Å². The summed E-state index contributed by atoms with van der Waals surface area (Å²) < 4.78 is 0. The van der Waals surface area contributed by atoms with Gasteiger partial charge in [-0.05, 0) is 30.6 Å². The second-order valence-corrected chi connectivity index (χ2v) is 6.24. The lowest BCUT2D eigenvalue weighted by Crippen LogP contribution is -2.25. The number of alkyl halides is 1. The summed E-state index contributed by atoms with van der Waals surface area (Å²) in [6.45, 7) is 7.19. The summed E-state index contributed by atoms with van der Waals surface area (Å²) in [7, 11) is 0. The fourth-order valence-corrected chi connectivity index (χ4v) is 3.75. The molecule has 1 saturated carbocycles. The van der Waals surface area contributed by atoms with Crippen molar-refractivity contribution < 1.29 is 0 Å². The molecule has 4 atom stereocenters. The van der Waals surface area contributed by atoms with Gasteiger partial charge in [0.15, 0.2) is 0 Å². The SMILES string of the molecule is CCC(C)C(C)C1CCCCCC1Br. The van der Waals surface area contributed by atoms with Crippen LogP contribution in [0.1, 0.15) is 59.3 Å². The zero-order chi connectivity index (χ0) is 10.6. The molecule has 0 N–H and O–H groups in total. The third-order valence-corrected chi connectivity index (χ3v) is 5.34. The third-order valence-electron chi connectivity index (χ3n) is 4.20. The molecule has 0 saturated heterocycles. The molecule has 1 aliphatic rings. The molecule has 4 unspecified atom stereocenters. The van der Waals surface area contributed by atoms with Crippen molar-refractivity contribution in [2.75, 3.05) is 0 Å². The van der Waals surface area contributed by atoms with Gasteiger partial charge in [0.05, 0.1) is 0 Å². The first-order valence-electron chi connectivity index (χ1n) is 6.30. The number of hydrogen-bond acceptors (Lipinski definition) is 0. The van der Waals surface area contributed by atoms with Gasteiger partial charge in [-0.25, -0.2) is 0 Å². The van der Waals surface area contributed by atoms with Crippen molar-refractivity contribution in [1.29, 1.82) is 0 Å². The van der Waals surface area contributed by atoms with E-state index in [1.54, 1.807) is 0 Å². The molecule has 84 valence electrons. The molecule has 0 radical (unpaired) electrons. The predicted molar refractivity (Wildman–Crippen MR) is 67.9 cm³/mol. The van der Waals surface area contributed by atoms with Crippen LogP contribution in [0.3, 0.4) is 0 Å². The minimum absolute atomic E-state index is 0.786. The lowest BCUT2D eigenvalue weighted by Gasteiger charge is -2.30. The molecule has 0 aromatic heterocycles. The summed E-state index contributed by atoms with van der Waals surface area (Å²) in [5.41, 5.74) is 0. The van der Waals surface area contributed by atoms with Crippen molar-refractivity contribution in [1.82, 2.24) is 0 Å². The van der Waals surface area contributed by atoms with E-state index >= 15 is 0 Å². The molecule has 0 spiro atoms. The minimum atomic E-state index is 0.786. The minimum Gasteiger partial charge on any atom is -0.0888 e. The maximum absolute atomic E-state index is 3.90. The number of halogens is 1. The van der Waals surface area contributed by atoms with Crippen LogP contribution in [-0.4, -0.2) is 4.83 Å². The highest BCUT2D eigenvalue weighted by molar-refractivity contribution is 9.09. The third kappa shape index (κ3) is 3.25. The molecule has 1 aliphatic carbocycles. The second-order valence-electron chi connectivity index (χ2n) is 5.06. The Hall–Kier alpha value is 0.480. The van der Waals surface area contributed by atoms with Crippen LogP contribution < -0.4 is 0 Å². The number of rotatable bonds is 3. The first-order valence-corrected chi connectivity index (χ1v) is 7.22. The Bertz CT molecular complexity index is 155. The van der Waals surface area contributed by atoms with E-state index in [9.17, 15) is 0 Å². The summed E-state index contributed by atoms with van der Waals surface area (Å²) in [4.78, 5) is 0.786. The van der Waals surface area contributed by atoms with Crippen LogP contribution in [0, 0.1) is 17.8 Å². The lowest BCUT2D eigenvalue weighted by molar-refractivity contribution is 0.241. The molecule has 14 heavy (non-hydrogen) atoms. The average Bonchev–Trinajstić information content (AvgIpc) is 2.40. The maximum Gasteiger partial charge on any atom is 0.0176 e. The summed E-state index contributed by atoms with van der Waals surface area (Å²) in [6.07, 6.45) is 8.50. The first-order chi connectivity index (χ1) is 6.66. The summed E-state index contributed by atoms with van der Waals surface area (Å²) in [5, 5.41) is 0. The first kappa shape index (κ1) is 12.5. The van der Waals surface area contributed by atoms with Crippen LogP contribution in [0.5, 0.6) is 0 Å². The Morgan fingerprint density at radius 2 is 1.79 bits per heavy atom. The van der Waals surface area contributed by atoms with Crippen molar-refractivity contribution in [3.8, 4) is 0 Å². The van der Waals surface area contributed by atoms with Crippen molar-refractivity contribution in [2.24, 2.45) is 17.8 Å². The van der Waals surface area contributed by atoms with Gasteiger partial charge < -0.3 is 0 Å². The van der Waals surface area contributed by atoms with Gasteiger partial charge in [-0.15, -0.1) is 0 Å². The quantitative estimate of drug-likeness (QED) is 0.494. The molecule has 1 heteroatoms. The van der Waals surface area contributed by atoms with E-state index in [1.807, 2.05) is 0 Å². The topological polar surface area (TPSA) is 0 Å². The average molecular weight is 261 g/mol. The lowest BCUT2D eigenvalue weighted by atomic mass is 9.79. The second kappa shape index (κ2) is 6.15. The van der Waals surface area contributed by atoms with Crippen molar-refractivity contribution in [3.63, 3.8) is 0 Å². The Morgan fingerprint density at radius 1 is 1.14 bits per heavy atom. The zero-order valence-corrected chi connectivity index (χ0v) is 11.5. The highest BCUT2D eigenvalue weighted by Gasteiger charge is 2.28. The molecule has 0 aromatic carbocycles. The Morgan fingerprint density at radius 3 is 2.43 bits per heavy atom. The molecule has 1 fully saturated rings. The van der Waals surface area contributed by atoms with E-state index < -0.39 is 0 Å². The van der Waals surface area contributed by atoms with Crippen molar-refractivity contribution in [3.05, 3.63) is 0 Å². The van der Waals surface area contributed by atoms with E-state index in [0.29, 0.717) is 0 Å². The molecule has 0 nitrogen and oxygen atoms in total. The predicted octanol–water partition coefficient (Wildman–Crippen LogP) is 5.01. The van der Waals surface area contributed by atoms with E-state index in [2.05, 4.69) is 36.7 Å². The van der Waals surface area contributed by atoms with E-state index in [0.717, 1.165) is 22.6 Å². The molecule has 0 heterocycles. The van der Waals surface area contributed by atoms with Crippen molar-refractivity contribution >= 4 is 15.9 Å². The molecule has 0 amide bonds. The molecular formula is C13H25Br. The zero-order valence-electron chi connectivity index (χ0n) is 9.93. The van der Waals surface area contributed by atoms with Crippen LogP contribution in [0.4, 0.5) is 0 Å². The van der Waals surface area contributed by atoms with Crippen LogP contribution in [0.15, 0.2) is 0 Å². The van der Waals surface area contributed by atoms with Gasteiger partial charge in [-0.2, -0.15) is 0 Å². The standard InChI is InChI=1S/C13H25Br/c1-4-10(2)11(3)12-8-6-5-7-9-13(12)14/h10-13H,4-9H2,1-3H3. The monoisotopic (exact) mass is 260 g/mol. The van der Waals surface area contributed by atoms with E-state index in [1.165, 1.54) is 38.5 Å². The molecule has 0 aliphatic heterocycles. The number of hydrogen-bond donors (Lipinski definition) is 0. The summed E-state index contributed by atoms with van der Waals surface area (Å²) >= 11 is 3.90. The molecule has 1 rings (SSSR count). The van der Waals surface area contributed by atoms with Crippen LogP contribution in [-0.2, 0) is 0 Å². The van der Waals surface area contributed by atoms with Crippen molar-refractivity contribution in [2.45, 2.75) is 64.1 Å². The Balaban J connectivity index is 2.53. The maximum atomic E-state index is 3.90. The fourth-order valence-electron chi connectivity index (χ4n) is 2.68. The van der Waals surface area contributed by atoms with Gasteiger partial charge in [-0.3, -0.25) is 0 Å². The van der Waals surface area contributed by atoms with Gasteiger partial charge >= 0.3 is 0 Å². The van der Waals surface area contributed by atoms with Gasteiger partial charge in [0.25, 0.3) is 0 Å². The normalized spacial score (nSPS) is 33.4. The van der Waals surface area contributed by atoms with Gasteiger partial charge in [-0.1, -0.05) is 62.4 Å². The largest absolute Gasteiger partial charge is 0.0888 e. The Labute approximate surface area is 98.0 Å². The van der Waals surface area contributed by atoms with Crippen LogP contribution in [0.2, 0.25) is 0 Å². The highest BCUT2D eigenvalue weighted by Crippen LogP contribution is 2.37. The van der Waals surface area contributed by atoms with Crippen LogP contribution >= 0.6 is 15.9 Å². The van der Waals surface area contributed by atoms with Crippen LogP contribution in [0.25, 0.3) is 0 Å². The van der Waals surface area contributed by atoms with Gasteiger partial charge in [0, 0.05) is 4.83 Å². The fraction of sp³-hybridized carbons (Fsp3) is 1.00. The molecule has 0 bridgehead atoms. The highest BCUT2D eigenvalue weighted by atomic mass is 79.9. The van der Waals surface area contributed by atoms with Gasteiger partial charge in [0.2, 0.25) is 0 Å². The molecule has 0 aromatic rings. The molecular weight excluding hydrogens is 236 g/mol. The van der Waals surface area contributed by atoms with Gasteiger partial charge in [0.1, 0.15) is 0 Å². The summed E-state index contributed by atoms with van der Waals surface area (Å²) in [5.74, 6) is 2.70. The smallest absolute Gasteiger partial charge is 0.0176 e. The Kier molecular flexibility index (Phi) is 5.51. The van der Waals surface area contributed by atoms with E-state index in [4.69, 9.17) is 0 Å².